The van der Waals surface area contributed by atoms with Crippen LogP contribution in [-0.2, 0) is 0 Å². The number of nitrogens with one attached hydrogen (secondary N) is 1. The number of hydrogen-bond acceptors (Lipinski definition) is 2. The zero-order valence-electron chi connectivity index (χ0n) is 9.61. The molecular formula is C13H17N3. The van der Waals surface area contributed by atoms with Gasteiger partial charge < -0.3 is 5.32 Å². The maximum Gasteiger partial charge on any atom is 0.0696 e. The van der Waals surface area contributed by atoms with E-state index in [0.717, 1.165) is 13.1 Å². The number of nitrogens with zero attached hydrogens (tertiary/aromatic N) is 2. The fourth-order valence-corrected chi connectivity index (χ4v) is 2.55. The minimum atomic E-state index is 0.682. The van der Waals surface area contributed by atoms with Crippen molar-refractivity contribution in [3.05, 3.63) is 35.7 Å². The van der Waals surface area contributed by atoms with Crippen LogP contribution in [0.5, 0.6) is 0 Å². The fraction of sp³-hybridized carbons (Fsp3) is 0.462. The Balaban J connectivity index is 2.03. The number of hydrogen-bond donors (Lipinski definition) is 1. The second-order valence-corrected chi connectivity index (χ2v) is 4.66. The van der Waals surface area contributed by atoms with Gasteiger partial charge in [-0.1, -0.05) is 6.07 Å². The van der Waals surface area contributed by atoms with E-state index in [9.17, 15) is 0 Å². The Morgan fingerprint density at radius 1 is 1.31 bits per heavy atom. The van der Waals surface area contributed by atoms with E-state index in [1.807, 2.05) is 10.7 Å². The first-order chi connectivity index (χ1) is 7.84. The lowest BCUT2D eigenvalue weighted by atomic mass is 9.91. The van der Waals surface area contributed by atoms with E-state index in [2.05, 4.69) is 35.7 Å². The summed E-state index contributed by atoms with van der Waals surface area (Å²) in [6.07, 6.45) is 6.61. The Bertz CT molecular complexity index is 495. The minimum Gasteiger partial charge on any atom is -0.317 e. The molecule has 0 saturated carbocycles. The molecule has 0 aliphatic carbocycles. The van der Waals surface area contributed by atoms with Crippen molar-refractivity contribution in [1.29, 1.82) is 0 Å². The highest BCUT2D eigenvalue weighted by Gasteiger charge is 2.18. The van der Waals surface area contributed by atoms with Crippen LogP contribution in [0.25, 0.3) is 5.52 Å². The lowest BCUT2D eigenvalue weighted by Crippen LogP contribution is -2.26. The van der Waals surface area contributed by atoms with Gasteiger partial charge in [0.2, 0.25) is 0 Å². The third-order valence-electron chi connectivity index (χ3n) is 3.47. The summed E-state index contributed by atoms with van der Waals surface area (Å²) in [5.41, 5.74) is 3.95. The van der Waals surface area contributed by atoms with E-state index in [1.165, 1.54) is 29.5 Å². The van der Waals surface area contributed by atoms with E-state index >= 15 is 0 Å². The summed E-state index contributed by atoms with van der Waals surface area (Å²) in [6, 6.07) is 4.36. The van der Waals surface area contributed by atoms with Gasteiger partial charge >= 0.3 is 0 Å². The second kappa shape index (κ2) is 3.91. The Kier molecular flexibility index (Phi) is 2.40. The van der Waals surface area contributed by atoms with Crippen LogP contribution in [0.15, 0.2) is 24.5 Å². The smallest absolute Gasteiger partial charge is 0.0696 e. The van der Waals surface area contributed by atoms with Crippen LogP contribution in [-0.4, -0.2) is 22.7 Å². The maximum absolute atomic E-state index is 4.45. The van der Waals surface area contributed by atoms with Crippen molar-refractivity contribution < 1.29 is 0 Å². The molecule has 2 aromatic heterocycles. The van der Waals surface area contributed by atoms with Crippen molar-refractivity contribution in [2.45, 2.75) is 25.7 Å². The van der Waals surface area contributed by atoms with Crippen molar-refractivity contribution in [3.8, 4) is 0 Å². The molecule has 0 spiro atoms. The van der Waals surface area contributed by atoms with E-state index in [0.29, 0.717) is 5.92 Å². The van der Waals surface area contributed by atoms with Crippen LogP contribution in [0, 0.1) is 6.92 Å². The molecule has 0 bridgehead atoms. The van der Waals surface area contributed by atoms with Crippen molar-refractivity contribution in [3.63, 3.8) is 0 Å². The molecule has 1 saturated heterocycles. The maximum atomic E-state index is 4.45. The molecule has 16 heavy (non-hydrogen) atoms. The molecule has 3 heteroatoms. The Morgan fingerprint density at radius 3 is 2.94 bits per heavy atom. The molecule has 1 N–H and O–H groups in total. The first-order valence-corrected chi connectivity index (χ1v) is 5.99. The molecule has 0 aromatic carbocycles. The van der Waals surface area contributed by atoms with Gasteiger partial charge in [0.25, 0.3) is 0 Å². The molecule has 2 aromatic rings. The molecule has 0 radical (unpaired) electrons. The van der Waals surface area contributed by atoms with Gasteiger partial charge in [-0.15, -0.1) is 0 Å². The topological polar surface area (TPSA) is 29.3 Å². The predicted molar refractivity (Wildman–Crippen MR) is 64.8 cm³/mol. The molecule has 0 amide bonds. The van der Waals surface area contributed by atoms with Gasteiger partial charge in [-0.3, -0.25) is 0 Å². The third-order valence-corrected chi connectivity index (χ3v) is 3.47. The number of aryl methyl sites for hydroxylation is 1. The van der Waals surface area contributed by atoms with E-state index in [4.69, 9.17) is 0 Å². The number of pyridine rings is 1. The van der Waals surface area contributed by atoms with E-state index in [-0.39, 0.29) is 0 Å². The largest absolute Gasteiger partial charge is 0.317 e. The molecule has 3 heterocycles. The molecule has 0 atom stereocenters. The zero-order valence-corrected chi connectivity index (χ0v) is 9.61. The molecule has 1 aliphatic heterocycles. The Morgan fingerprint density at radius 2 is 2.12 bits per heavy atom. The number of fused-ring (bicyclic) bond motifs is 1. The summed E-state index contributed by atoms with van der Waals surface area (Å²) < 4.78 is 2.01. The first kappa shape index (κ1) is 9.85. The van der Waals surface area contributed by atoms with Gasteiger partial charge in [0, 0.05) is 11.8 Å². The number of aromatic nitrogens is 2. The van der Waals surface area contributed by atoms with Gasteiger partial charge in [-0.25, -0.2) is 4.52 Å². The molecule has 84 valence electrons. The van der Waals surface area contributed by atoms with Crippen molar-refractivity contribution >= 4 is 5.52 Å². The molecule has 3 rings (SSSR count). The zero-order chi connectivity index (χ0) is 11.0. The van der Waals surface area contributed by atoms with Crippen LogP contribution in [0.1, 0.15) is 29.9 Å². The standard InChI is InChI=1S/C13H17N3/c1-10-2-3-13-12(8-15-16(13)9-10)11-4-6-14-7-5-11/h2-3,8-9,11,14H,4-7H2,1H3. The number of rotatable bonds is 1. The predicted octanol–water partition coefficient (Wildman–Crippen LogP) is 2.11. The van der Waals surface area contributed by atoms with Gasteiger partial charge in [0.15, 0.2) is 0 Å². The summed E-state index contributed by atoms with van der Waals surface area (Å²) in [7, 11) is 0. The minimum absolute atomic E-state index is 0.682. The van der Waals surface area contributed by atoms with Gasteiger partial charge in [0.1, 0.15) is 0 Å². The van der Waals surface area contributed by atoms with Crippen LogP contribution >= 0.6 is 0 Å². The van der Waals surface area contributed by atoms with Crippen LogP contribution in [0.2, 0.25) is 0 Å². The summed E-state index contributed by atoms with van der Waals surface area (Å²) in [6.45, 7) is 4.37. The highest BCUT2D eigenvalue weighted by molar-refractivity contribution is 5.55. The lowest BCUT2D eigenvalue weighted by molar-refractivity contribution is 0.462. The quantitative estimate of drug-likeness (QED) is 0.789. The van der Waals surface area contributed by atoms with Crippen molar-refractivity contribution in [2.75, 3.05) is 13.1 Å². The SMILES string of the molecule is Cc1ccc2c(C3CCNCC3)cnn2c1. The highest BCUT2D eigenvalue weighted by Crippen LogP contribution is 2.28. The number of piperidine rings is 1. The van der Waals surface area contributed by atoms with Gasteiger partial charge in [-0.2, -0.15) is 5.10 Å². The third kappa shape index (κ3) is 1.61. The Labute approximate surface area is 95.5 Å². The molecular weight excluding hydrogens is 198 g/mol. The van der Waals surface area contributed by atoms with E-state index in [1.54, 1.807) is 0 Å². The molecule has 0 unspecified atom stereocenters. The average Bonchev–Trinajstić information content (AvgIpc) is 2.73. The summed E-state index contributed by atoms with van der Waals surface area (Å²) in [5.74, 6) is 0.682. The van der Waals surface area contributed by atoms with E-state index < -0.39 is 0 Å². The highest BCUT2D eigenvalue weighted by atomic mass is 15.2. The van der Waals surface area contributed by atoms with Gasteiger partial charge in [0.05, 0.1) is 11.7 Å². The average molecular weight is 215 g/mol. The van der Waals surface area contributed by atoms with Crippen molar-refractivity contribution in [2.24, 2.45) is 0 Å². The van der Waals surface area contributed by atoms with Gasteiger partial charge in [-0.05, 0) is 50.4 Å². The van der Waals surface area contributed by atoms with Crippen LogP contribution in [0.3, 0.4) is 0 Å². The summed E-state index contributed by atoms with van der Waals surface area (Å²) in [4.78, 5) is 0. The fourth-order valence-electron chi connectivity index (χ4n) is 2.55. The second-order valence-electron chi connectivity index (χ2n) is 4.66. The first-order valence-electron chi connectivity index (χ1n) is 5.99. The monoisotopic (exact) mass is 215 g/mol. The lowest BCUT2D eigenvalue weighted by Gasteiger charge is -2.21. The van der Waals surface area contributed by atoms with Crippen LogP contribution < -0.4 is 5.32 Å². The molecule has 3 nitrogen and oxygen atoms in total. The van der Waals surface area contributed by atoms with Crippen LogP contribution in [0.4, 0.5) is 0 Å². The molecule has 1 aliphatic rings. The summed E-state index contributed by atoms with van der Waals surface area (Å²) >= 11 is 0. The Hall–Kier alpha value is -1.35. The normalized spacial score (nSPS) is 18.1. The summed E-state index contributed by atoms with van der Waals surface area (Å²) in [5, 5.41) is 7.86. The van der Waals surface area contributed by atoms with Crippen molar-refractivity contribution in [1.82, 2.24) is 14.9 Å². The molecule has 1 fully saturated rings.